The van der Waals surface area contributed by atoms with Gasteiger partial charge in [-0.3, -0.25) is 14.3 Å². The van der Waals surface area contributed by atoms with Crippen molar-refractivity contribution in [2.45, 2.75) is 33.1 Å². The first kappa shape index (κ1) is 19.6. The monoisotopic (exact) mass is 411 g/mol. The van der Waals surface area contributed by atoms with E-state index < -0.39 is 0 Å². The predicted molar refractivity (Wildman–Crippen MR) is 114 cm³/mol. The molecule has 1 saturated heterocycles. The van der Waals surface area contributed by atoms with Gasteiger partial charge in [-0.1, -0.05) is 0 Å². The van der Waals surface area contributed by atoms with Crippen LogP contribution in [-0.4, -0.2) is 51.1 Å². The molecule has 1 aliphatic rings. The molecule has 3 heterocycles. The van der Waals surface area contributed by atoms with Crippen LogP contribution >= 0.6 is 11.3 Å². The van der Waals surface area contributed by atoms with Gasteiger partial charge in [-0.15, -0.1) is 11.3 Å². The van der Waals surface area contributed by atoms with E-state index in [2.05, 4.69) is 10.4 Å². The van der Waals surface area contributed by atoms with Gasteiger partial charge in [-0.05, 0) is 44.9 Å². The first-order valence-electron chi connectivity index (χ1n) is 9.91. The highest BCUT2D eigenvalue weighted by Crippen LogP contribution is 2.34. The molecule has 0 aliphatic carbocycles. The number of nitrogens with zero attached hydrogens (tertiary/aromatic N) is 4. The van der Waals surface area contributed by atoms with Gasteiger partial charge < -0.3 is 10.2 Å². The second-order valence-electron chi connectivity index (χ2n) is 7.46. The summed E-state index contributed by atoms with van der Waals surface area (Å²) < 4.78 is 2.85. The third-order valence-corrected chi connectivity index (χ3v) is 6.47. The van der Waals surface area contributed by atoms with E-state index in [9.17, 15) is 9.59 Å². The number of fused-ring (bicyclic) bond motifs is 1. The molecule has 0 spiro atoms. The minimum Gasteiger partial charge on any atom is -0.352 e. The van der Waals surface area contributed by atoms with Crippen molar-refractivity contribution in [1.29, 1.82) is 0 Å². The maximum atomic E-state index is 12.5. The lowest BCUT2D eigenvalue weighted by molar-refractivity contribution is -0.127. The highest BCUT2D eigenvalue weighted by Gasteiger charge is 2.19. The van der Waals surface area contributed by atoms with Crippen LogP contribution in [0.4, 0.5) is 0 Å². The molecule has 7 nitrogen and oxygen atoms in total. The van der Waals surface area contributed by atoms with E-state index in [1.54, 1.807) is 11.3 Å². The lowest BCUT2D eigenvalue weighted by Gasteiger charge is -2.15. The van der Waals surface area contributed by atoms with Crippen molar-refractivity contribution >= 4 is 33.4 Å². The molecule has 0 radical (unpaired) electrons. The Morgan fingerprint density at radius 3 is 2.83 bits per heavy atom. The fourth-order valence-electron chi connectivity index (χ4n) is 3.77. The Morgan fingerprint density at radius 2 is 2.14 bits per heavy atom. The average molecular weight is 412 g/mol. The Labute approximate surface area is 173 Å². The van der Waals surface area contributed by atoms with Crippen LogP contribution in [0, 0.1) is 13.8 Å². The summed E-state index contributed by atoms with van der Waals surface area (Å²) >= 11 is 1.58. The standard InChI is InChI=1S/C21H25N5O2S/c1-13-19(14(2)25(3)24-13)21-23-16-8-7-15(12-17(16)29-21)20(28)22-9-5-11-26-10-4-6-18(26)27/h7-8,12H,4-6,9-11H2,1-3H3,(H,22,28). The number of likely N-dealkylation sites (tertiary alicyclic amines) is 1. The van der Waals surface area contributed by atoms with E-state index in [-0.39, 0.29) is 11.8 Å². The van der Waals surface area contributed by atoms with E-state index in [0.29, 0.717) is 25.1 Å². The van der Waals surface area contributed by atoms with Gasteiger partial charge in [0.05, 0.1) is 21.5 Å². The lowest BCUT2D eigenvalue weighted by Crippen LogP contribution is -2.30. The minimum atomic E-state index is -0.0941. The van der Waals surface area contributed by atoms with Crippen molar-refractivity contribution in [3.8, 4) is 10.6 Å². The smallest absolute Gasteiger partial charge is 0.251 e. The summed E-state index contributed by atoms with van der Waals surface area (Å²) in [6.45, 7) is 6.13. The number of nitrogens with one attached hydrogen (secondary N) is 1. The number of amides is 2. The zero-order chi connectivity index (χ0) is 20.5. The van der Waals surface area contributed by atoms with Crippen LogP contribution in [0.2, 0.25) is 0 Å². The van der Waals surface area contributed by atoms with Gasteiger partial charge in [-0.2, -0.15) is 5.10 Å². The Hall–Kier alpha value is -2.74. The van der Waals surface area contributed by atoms with Crippen LogP contribution < -0.4 is 5.32 Å². The summed E-state index contributed by atoms with van der Waals surface area (Å²) in [5.41, 5.74) is 4.62. The molecule has 2 aromatic heterocycles. The van der Waals surface area contributed by atoms with E-state index in [0.717, 1.165) is 51.6 Å². The van der Waals surface area contributed by atoms with Gasteiger partial charge in [0.25, 0.3) is 5.91 Å². The number of thiazole rings is 1. The second kappa shape index (κ2) is 7.94. The molecule has 0 saturated carbocycles. The SMILES string of the molecule is Cc1nn(C)c(C)c1-c1nc2ccc(C(=O)NCCCN3CCCC3=O)cc2s1. The van der Waals surface area contributed by atoms with Crippen LogP contribution in [0.25, 0.3) is 20.8 Å². The molecule has 0 atom stereocenters. The van der Waals surface area contributed by atoms with Gasteiger partial charge in [-0.25, -0.2) is 4.98 Å². The summed E-state index contributed by atoms with van der Waals surface area (Å²) in [7, 11) is 1.93. The molecule has 152 valence electrons. The molecule has 2 amide bonds. The second-order valence-corrected chi connectivity index (χ2v) is 8.50. The van der Waals surface area contributed by atoms with Crippen LogP contribution in [0.5, 0.6) is 0 Å². The Morgan fingerprint density at radius 1 is 1.31 bits per heavy atom. The Balaban J connectivity index is 1.43. The molecular formula is C21H25N5O2S. The molecule has 29 heavy (non-hydrogen) atoms. The molecule has 1 aliphatic heterocycles. The van der Waals surface area contributed by atoms with E-state index >= 15 is 0 Å². The van der Waals surface area contributed by atoms with Crippen LogP contribution in [0.15, 0.2) is 18.2 Å². The van der Waals surface area contributed by atoms with Crippen molar-refractivity contribution in [3.05, 3.63) is 35.2 Å². The van der Waals surface area contributed by atoms with Crippen molar-refractivity contribution < 1.29 is 9.59 Å². The Bertz CT molecular complexity index is 1080. The third kappa shape index (κ3) is 3.89. The number of aromatic nitrogens is 3. The highest BCUT2D eigenvalue weighted by atomic mass is 32.1. The summed E-state index contributed by atoms with van der Waals surface area (Å²) in [5, 5.41) is 8.36. The number of carbonyl (C=O) groups is 2. The fourth-order valence-corrected chi connectivity index (χ4v) is 4.92. The number of aryl methyl sites for hydroxylation is 2. The highest BCUT2D eigenvalue weighted by molar-refractivity contribution is 7.21. The van der Waals surface area contributed by atoms with E-state index in [4.69, 9.17) is 4.98 Å². The molecular weight excluding hydrogens is 386 g/mol. The van der Waals surface area contributed by atoms with Gasteiger partial charge in [0.15, 0.2) is 0 Å². The summed E-state index contributed by atoms with van der Waals surface area (Å²) in [4.78, 5) is 30.8. The zero-order valence-corrected chi connectivity index (χ0v) is 17.8. The maximum absolute atomic E-state index is 12.5. The summed E-state index contributed by atoms with van der Waals surface area (Å²) in [5.74, 6) is 0.130. The number of carbonyl (C=O) groups excluding carboxylic acids is 2. The summed E-state index contributed by atoms with van der Waals surface area (Å²) in [6.07, 6.45) is 2.37. The number of hydrogen-bond acceptors (Lipinski definition) is 5. The quantitative estimate of drug-likeness (QED) is 0.632. The largest absolute Gasteiger partial charge is 0.352 e. The zero-order valence-electron chi connectivity index (χ0n) is 17.0. The van der Waals surface area contributed by atoms with Crippen molar-refractivity contribution in [2.75, 3.05) is 19.6 Å². The van der Waals surface area contributed by atoms with Gasteiger partial charge in [0.2, 0.25) is 5.91 Å². The third-order valence-electron chi connectivity index (χ3n) is 5.44. The molecule has 8 heteroatoms. The van der Waals surface area contributed by atoms with Gasteiger partial charge in [0, 0.05) is 44.4 Å². The normalized spacial score (nSPS) is 14.2. The van der Waals surface area contributed by atoms with Gasteiger partial charge in [0.1, 0.15) is 5.01 Å². The molecule has 0 bridgehead atoms. The molecule has 1 aromatic carbocycles. The lowest BCUT2D eigenvalue weighted by atomic mass is 10.2. The summed E-state index contributed by atoms with van der Waals surface area (Å²) in [6, 6.07) is 5.61. The van der Waals surface area contributed by atoms with E-state index in [1.807, 2.05) is 48.7 Å². The molecule has 3 aromatic rings. The number of rotatable bonds is 6. The Kier molecular flexibility index (Phi) is 5.36. The minimum absolute atomic E-state index is 0.0941. The number of benzene rings is 1. The maximum Gasteiger partial charge on any atom is 0.251 e. The first-order valence-corrected chi connectivity index (χ1v) is 10.7. The molecule has 1 fully saturated rings. The molecule has 4 rings (SSSR count). The molecule has 1 N–H and O–H groups in total. The number of hydrogen-bond donors (Lipinski definition) is 1. The van der Waals surface area contributed by atoms with Crippen molar-refractivity contribution in [2.24, 2.45) is 7.05 Å². The fraction of sp³-hybridized carbons (Fsp3) is 0.429. The molecule has 0 unspecified atom stereocenters. The van der Waals surface area contributed by atoms with Crippen LogP contribution in [-0.2, 0) is 11.8 Å². The van der Waals surface area contributed by atoms with Crippen molar-refractivity contribution in [3.63, 3.8) is 0 Å². The topological polar surface area (TPSA) is 80.1 Å². The van der Waals surface area contributed by atoms with Crippen LogP contribution in [0.1, 0.15) is 41.0 Å². The van der Waals surface area contributed by atoms with Crippen LogP contribution in [0.3, 0.4) is 0 Å². The first-order chi connectivity index (χ1) is 13.9. The van der Waals surface area contributed by atoms with E-state index in [1.165, 1.54) is 0 Å². The predicted octanol–water partition coefficient (Wildman–Crippen LogP) is 3.06. The average Bonchev–Trinajstić information content (AvgIpc) is 3.36. The van der Waals surface area contributed by atoms with Gasteiger partial charge >= 0.3 is 0 Å². The van der Waals surface area contributed by atoms with Crippen molar-refractivity contribution in [1.82, 2.24) is 25.0 Å².